The summed E-state index contributed by atoms with van der Waals surface area (Å²) in [6.45, 7) is 1.83. The maximum absolute atomic E-state index is 14.0. The van der Waals surface area contributed by atoms with Crippen LogP contribution in [0.25, 0.3) is 5.69 Å². The Bertz CT molecular complexity index is 1120. The number of aliphatic imine (C=N–C) groups is 1. The molecule has 1 aromatic heterocycles. The van der Waals surface area contributed by atoms with Gasteiger partial charge in [-0.1, -0.05) is 12.1 Å². The van der Waals surface area contributed by atoms with E-state index in [9.17, 15) is 9.18 Å². The molecule has 0 aliphatic carbocycles. The third-order valence-corrected chi connectivity index (χ3v) is 4.82. The number of ether oxygens (including phenoxy) is 2. The first-order valence-corrected chi connectivity index (χ1v) is 9.03. The van der Waals surface area contributed by atoms with Gasteiger partial charge in [-0.3, -0.25) is 14.4 Å². The number of aryl methyl sites for hydroxylation is 1. The van der Waals surface area contributed by atoms with Gasteiger partial charge in [-0.2, -0.15) is 0 Å². The van der Waals surface area contributed by atoms with E-state index in [1.807, 2.05) is 29.7 Å². The van der Waals surface area contributed by atoms with Crippen molar-refractivity contribution in [2.75, 3.05) is 14.2 Å². The standard InChI is InChI=1S/C21H19FN4O3/c1-12-24-25-21-17(11-19(27)29-3)23-20(13-5-4-6-14(22)9-13)16-10-15(28-2)7-8-18(16)26(12)21/h4-10,17H,11H2,1-3H3. The Kier molecular flexibility index (Phi) is 4.84. The second-order valence-electron chi connectivity index (χ2n) is 6.61. The molecule has 7 nitrogen and oxygen atoms in total. The molecule has 8 heteroatoms. The minimum Gasteiger partial charge on any atom is -0.497 e. The van der Waals surface area contributed by atoms with Crippen LogP contribution >= 0.6 is 0 Å². The molecule has 2 aromatic carbocycles. The van der Waals surface area contributed by atoms with Crippen LogP contribution in [0.4, 0.5) is 4.39 Å². The van der Waals surface area contributed by atoms with Crippen LogP contribution in [0.5, 0.6) is 5.75 Å². The summed E-state index contributed by atoms with van der Waals surface area (Å²) >= 11 is 0. The monoisotopic (exact) mass is 394 g/mol. The zero-order valence-electron chi connectivity index (χ0n) is 16.2. The number of esters is 1. The van der Waals surface area contributed by atoms with E-state index in [2.05, 4.69) is 10.2 Å². The number of aromatic nitrogens is 3. The number of methoxy groups -OCH3 is 2. The number of rotatable bonds is 4. The Hall–Kier alpha value is -3.55. The van der Waals surface area contributed by atoms with Crippen LogP contribution in [-0.2, 0) is 9.53 Å². The highest BCUT2D eigenvalue weighted by atomic mass is 19.1. The summed E-state index contributed by atoms with van der Waals surface area (Å²) in [4.78, 5) is 16.9. The Labute approximate surface area is 166 Å². The predicted molar refractivity (Wildman–Crippen MR) is 104 cm³/mol. The van der Waals surface area contributed by atoms with Crippen molar-refractivity contribution in [3.63, 3.8) is 0 Å². The fraction of sp³-hybridized carbons (Fsp3) is 0.238. The minimum absolute atomic E-state index is 0.0153. The summed E-state index contributed by atoms with van der Waals surface area (Å²) < 4.78 is 26.1. The number of hydrogen-bond acceptors (Lipinski definition) is 6. The van der Waals surface area contributed by atoms with E-state index in [1.165, 1.54) is 19.2 Å². The quantitative estimate of drug-likeness (QED) is 0.635. The Balaban J connectivity index is 2.01. The summed E-state index contributed by atoms with van der Waals surface area (Å²) in [7, 11) is 2.90. The van der Waals surface area contributed by atoms with Gasteiger partial charge >= 0.3 is 5.97 Å². The number of carbonyl (C=O) groups excluding carboxylic acids is 1. The average Bonchev–Trinajstić information content (AvgIpc) is 3.05. The van der Waals surface area contributed by atoms with Crippen LogP contribution in [0, 0.1) is 12.7 Å². The summed E-state index contributed by atoms with van der Waals surface area (Å²) in [6, 6.07) is 11.1. The lowest BCUT2D eigenvalue weighted by Gasteiger charge is -2.14. The molecule has 2 heterocycles. The summed E-state index contributed by atoms with van der Waals surface area (Å²) in [5, 5.41) is 8.44. The third kappa shape index (κ3) is 3.37. The molecule has 1 aliphatic heterocycles. The molecule has 0 fully saturated rings. The molecule has 1 unspecified atom stereocenters. The van der Waals surface area contributed by atoms with Gasteiger partial charge in [0.25, 0.3) is 0 Å². The Morgan fingerprint density at radius 2 is 2.00 bits per heavy atom. The first-order valence-electron chi connectivity index (χ1n) is 9.03. The molecule has 0 saturated carbocycles. The van der Waals surface area contributed by atoms with Gasteiger partial charge in [-0.05, 0) is 37.3 Å². The summed E-state index contributed by atoms with van der Waals surface area (Å²) in [5.74, 6) is 1.00. The number of carbonyl (C=O) groups is 1. The fourth-order valence-electron chi connectivity index (χ4n) is 3.45. The molecule has 1 atom stereocenters. The smallest absolute Gasteiger partial charge is 0.308 e. The average molecular weight is 394 g/mol. The number of fused-ring (bicyclic) bond motifs is 3. The number of hydrogen-bond donors (Lipinski definition) is 0. The lowest BCUT2D eigenvalue weighted by Crippen LogP contribution is -2.12. The lowest BCUT2D eigenvalue weighted by molar-refractivity contribution is -0.141. The first-order chi connectivity index (χ1) is 14.0. The van der Waals surface area contributed by atoms with E-state index in [4.69, 9.17) is 14.5 Å². The van der Waals surface area contributed by atoms with Crippen molar-refractivity contribution in [1.82, 2.24) is 14.8 Å². The maximum atomic E-state index is 14.0. The molecule has 148 valence electrons. The van der Waals surface area contributed by atoms with Gasteiger partial charge in [-0.15, -0.1) is 10.2 Å². The highest BCUT2D eigenvalue weighted by Gasteiger charge is 2.30. The molecule has 0 saturated heterocycles. The van der Waals surface area contributed by atoms with Crippen molar-refractivity contribution < 1.29 is 18.7 Å². The van der Waals surface area contributed by atoms with Crippen LogP contribution < -0.4 is 4.74 Å². The topological polar surface area (TPSA) is 78.6 Å². The molecule has 0 bridgehead atoms. The zero-order valence-corrected chi connectivity index (χ0v) is 16.2. The second kappa shape index (κ2) is 7.46. The van der Waals surface area contributed by atoms with Gasteiger partial charge < -0.3 is 9.47 Å². The van der Waals surface area contributed by atoms with Crippen LogP contribution in [0.15, 0.2) is 47.5 Å². The van der Waals surface area contributed by atoms with Gasteiger partial charge in [0.05, 0.1) is 32.0 Å². The Morgan fingerprint density at radius 3 is 2.72 bits per heavy atom. The van der Waals surface area contributed by atoms with E-state index < -0.39 is 12.0 Å². The molecule has 0 N–H and O–H groups in total. The minimum atomic E-state index is -0.639. The summed E-state index contributed by atoms with van der Waals surface area (Å²) in [5.41, 5.74) is 2.63. The van der Waals surface area contributed by atoms with Gasteiger partial charge in [0.15, 0.2) is 5.82 Å². The fourth-order valence-corrected chi connectivity index (χ4v) is 3.45. The van der Waals surface area contributed by atoms with Crippen LogP contribution in [0.1, 0.15) is 35.2 Å². The van der Waals surface area contributed by atoms with Crippen molar-refractivity contribution in [3.8, 4) is 11.4 Å². The van der Waals surface area contributed by atoms with E-state index in [-0.39, 0.29) is 12.2 Å². The normalized spacial score (nSPS) is 15.0. The SMILES string of the molecule is COC(=O)CC1N=C(c2cccc(F)c2)c2cc(OC)ccc2-n2c(C)nnc21. The maximum Gasteiger partial charge on any atom is 0.308 e. The van der Waals surface area contributed by atoms with E-state index in [0.29, 0.717) is 28.7 Å². The molecule has 0 amide bonds. The highest BCUT2D eigenvalue weighted by Crippen LogP contribution is 2.34. The van der Waals surface area contributed by atoms with Gasteiger partial charge in [0, 0.05) is 11.1 Å². The second-order valence-corrected chi connectivity index (χ2v) is 6.61. The van der Waals surface area contributed by atoms with Crippen molar-refractivity contribution in [2.45, 2.75) is 19.4 Å². The zero-order chi connectivity index (χ0) is 20.5. The lowest BCUT2D eigenvalue weighted by atomic mass is 9.99. The molecule has 4 rings (SSSR count). The van der Waals surface area contributed by atoms with Crippen molar-refractivity contribution in [1.29, 1.82) is 0 Å². The van der Waals surface area contributed by atoms with Gasteiger partial charge in [-0.25, -0.2) is 4.39 Å². The highest BCUT2D eigenvalue weighted by molar-refractivity contribution is 6.15. The van der Waals surface area contributed by atoms with Crippen molar-refractivity contribution in [3.05, 3.63) is 71.1 Å². The number of benzene rings is 2. The van der Waals surface area contributed by atoms with Crippen LogP contribution in [0.2, 0.25) is 0 Å². The van der Waals surface area contributed by atoms with E-state index in [1.54, 1.807) is 19.2 Å². The van der Waals surface area contributed by atoms with Gasteiger partial charge in [0.2, 0.25) is 0 Å². The Morgan fingerprint density at radius 1 is 1.17 bits per heavy atom. The molecule has 29 heavy (non-hydrogen) atoms. The number of halogens is 1. The summed E-state index contributed by atoms with van der Waals surface area (Å²) in [6.07, 6.45) is -0.0153. The molecule has 1 aliphatic rings. The molecular weight excluding hydrogens is 375 g/mol. The number of nitrogens with zero attached hydrogens (tertiary/aromatic N) is 4. The molecule has 0 spiro atoms. The van der Waals surface area contributed by atoms with Crippen molar-refractivity contribution >= 4 is 11.7 Å². The van der Waals surface area contributed by atoms with Gasteiger partial charge in [0.1, 0.15) is 23.4 Å². The molecule has 0 radical (unpaired) electrons. The van der Waals surface area contributed by atoms with E-state index >= 15 is 0 Å². The predicted octanol–water partition coefficient (Wildman–Crippen LogP) is 3.18. The van der Waals surface area contributed by atoms with Crippen molar-refractivity contribution in [2.24, 2.45) is 4.99 Å². The molecular formula is C21H19FN4O3. The van der Waals surface area contributed by atoms with Crippen LogP contribution in [-0.4, -0.2) is 40.7 Å². The molecule has 3 aromatic rings. The van der Waals surface area contributed by atoms with E-state index in [0.717, 1.165) is 11.3 Å². The third-order valence-electron chi connectivity index (χ3n) is 4.82. The first kappa shape index (κ1) is 18.8. The van der Waals surface area contributed by atoms with Crippen LogP contribution in [0.3, 0.4) is 0 Å². The largest absolute Gasteiger partial charge is 0.497 e.